The molecule has 2 atom stereocenters. The third-order valence-electron chi connectivity index (χ3n) is 6.50. The van der Waals surface area contributed by atoms with E-state index in [1.165, 1.54) is 12.3 Å². The fourth-order valence-corrected chi connectivity index (χ4v) is 5.24. The van der Waals surface area contributed by atoms with Crippen LogP contribution in [0.25, 0.3) is 5.65 Å². The maximum absolute atomic E-state index is 14.2. The number of piperidine rings is 1. The maximum Gasteiger partial charge on any atom is 0.376 e. The first-order valence-electron chi connectivity index (χ1n) is 10.4. The molecule has 8 nitrogen and oxygen atoms in total. The van der Waals surface area contributed by atoms with E-state index < -0.39 is 33.4 Å². The lowest BCUT2D eigenvalue weighted by Crippen LogP contribution is -2.53. The molecule has 32 heavy (non-hydrogen) atoms. The molecule has 0 saturated carbocycles. The highest BCUT2D eigenvalue weighted by Crippen LogP contribution is 2.45. The number of rotatable bonds is 4. The van der Waals surface area contributed by atoms with Gasteiger partial charge in [-0.1, -0.05) is 12.1 Å². The minimum absolute atomic E-state index is 0.00807. The van der Waals surface area contributed by atoms with Crippen LogP contribution in [0.1, 0.15) is 31.2 Å². The summed E-state index contributed by atoms with van der Waals surface area (Å²) >= 11 is 0. The van der Waals surface area contributed by atoms with E-state index in [1.807, 2.05) is 0 Å². The average Bonchev–Trinajstić information content (AvgIpc) is 3.01. The Hall–Kier alpha value is -3.40. The van der Waals surface area contributed by atoms with Crippen LogP contribution in [0.2, 0.25) is 0 Å². The van der Waals surface area contributed by atoms with Gasteiger partial charge in [-0.15, -0.1) is 0 Å². The van der Waals surface area contributed by atoms with Crippen molar-refractivity contribution in [3.05, 3.63) is 80.3 Å². The van der Waals surface area contributed by atoms with Crippen molar-refractivity contribution in [1.82, 2.24) is 9.38 Å². The van der Waals surface area contributed by atoms with E-state index in [9.17, 15) is 28.8 Å². The van der Waals surface area contributed by atoms with Crippen LogP contribution in [0.3, 0.4) is 0 Å². The van der Waals surface area contributed by atoms with E-state index in [0.717, 1.165) is 16.5 Å². The zero-order chi connectivity index (χ0) is 22.6. The summed E-state index contributed by atoms with van der Waals surface area (Å²) in [6.45, 7) is 0. The van der Waals surface area contributed by atoms with E-state index >= 15 is 0 Å². The number of halogens is 2. The molecule has 1 aromatic carbocycles. The minimum Gasteiger partial charge on any atom is -0.389 e. The van der Waals surface area contributed by atoms with E-state index in [-0.39, 0.29) is 42.7 Å². The summed E-state index contributed by atoms with van der Waals surface area (Å²) in [7, 11) is 0. The number of nitrogens with zero attached hydrogens (tertiary/aromatic N) is 4. The summed E-state index contributed by atoms with van der Waals surface area (Å²) in [5, 5.41) is 23.1. The fraction of sp³-hybridized carbons (Fsp3) is 0.364. The van der Waals surface area contributed by atoms with E-state index in [1.54, 1.807) is 23.1 Å². The Morgan fingerprint density at radius 1 is 1.19 bits per heavy atom. The SMILES string of the molecule is O=c1c([N+](=O)[O-])c(N2C3CCC2CC(O)(Cc2ccc(F)cc2F)C3)nc2ccccn12. The van der Waals surface area contributed by atoms with Crippen molar-refractivity contribution in [1.29, 1.82) is 0 Å². The topological polar surface area (TPSA) is 101 Å². The highest BCUT2D eigenvalue weighted by molar-refractivity contribution is 5.63. The number of fused-ring (bicyclic) bond motifs is 3. The molecule has 2 fully saturated rings. The second kappa shape index (κ2) is 7.33. The van der Waals surface area contributed by atoms with Crippen LogP contribution < -0.4 is 10.5 Å². The first-order chi connectivity index (χ1) is 15.3. The summed E-state index contributed by atoms with van der Waals surface area (Å²) < 4.78 is 28.6. The standard InChI is InChI=1S/C22H20F2N4O4/c23-14-5-4-13(17(24)9-14)10-22(30)11-15-6-7-16(12-22)27(15)20-19(28(31)32)21(29)26-8-2-1-3-18(26)25-20/h1-5,8-9,15-16,30H,6-7,10-12H2. The van der Waals surface area contributed by atoms with Gasteiger partial charge >= 0.3 is 11.2 Å². The third-order valence-corrected chi connectivity index (χ3v) is 6.50. The van der Waals surface area contributed by atoms with Gasteiger partial charge in [-0.25, -0.2) is 13.8 Å². The third kappa shape index (κ3) is 3.31. The van der Waals surface area contributed by atoms with Crippen LogP contribution in [0, 0.1) is 21.7 Å². The number of benzene rings is 1. The normalized spacial score (nSPS) is 24.8. The molecule has 2 bridgehead atoms. The summed E-state index contributed by atoms with van der Waals surface area (Å²) in [5.74, 6) is -1.39. The van der Waals surface area contributed by atoms with Crippen LogP contribution in [0.4, 0.5) is 20.3 Å². The zero-order valence-corrected chi connectivity index (χ0v) is 16.9. The number of pyridine rings is 1. The summed E-state index contributed by atoms with van der Waals surface area (Å²) in [5.41, 5.74) is -2.09. The van der Waals surface area contributed by atoms with Gasteiger partial charge in [0, 0.05) is 30.8 Å². The maximum atomic E-state index is 14.2. The molecule has 0 radical (unpaired) electrons. The molecule has 3 aromatic rings. The molecule has 2 aliphatic heterocycles. The van der Waals surface area contributed by atoms with Gasteiger partial charge in [0.15, 0.2) is 0 Å². The molecular formula is C22H20F2N4O4. The van der Waals surface area contributed by atoms with Crippen molar-refractivity contribution >= 4 is 17.2 Å². The lowest BCUT2D eigenvalue weighted by Gasteiger charge is -2.44. The zero-order valence-electron chi connectivity index (χ0n) is 16.9. The Morgan fingerprint density at radius 3 is 2.56 bits per heavy atom. The highest BCUT2D eigenvalue weighted by Gasteiger charge is 2.50. The molecular weight excluding hydrogens is 422 g/mol. The fourth-order valence-electron chi connectivity index (χ4n) is 5.24. The van der Waals surface area contributed by atoms with Crippen LogP contribution in [-0.4, -0.2) is 37.1 Å². The Bertz CT molecular complexity index is 1280. The summed E-state index contributed by atoms with van der Waals surface area (Å²) in [6, 6.07) is 7.58. The lowest BCUT2D eigenvalue weighted by molar-refractivity contribution is -0.385. The molecule has 0 spiro atoms. The van der Waals surface area contributed by atoms with Gasteiger partial charge in [-0.05, 0) is 49.4 Å². The van der Waals surface area contributed by atoms with Crippen LogP contribution in [0.15, 0.2) is 47.4 Å². The van der Waals surface area contributed by atoms with E-state index in [2.05, 4.69) is 4.98 Å². The Balaban J connectivity index is 1.52. The second-order valence-corrected chi connectivity index (χ2v) is 8.61. The van der Waals surface area contributed by atoms with Gasteiger partial charge in [-0.3, -0.25) is 19.3 Å². The van der Waals surface area contributed by atoms with Gasteiger partial charge in [0.2, 0.25) is 5.82 Å². The molecule has 5 rings (SSSR count). The van der Waals surface area contributed by atoms with Crippen molar-refractivity contribution in [2.24, 2.45) is 0 Å². The lowest BCUT2D eigenvalue weighted by atomic mass is 9.81. The van der Waals surface area contributed by atoms with Crippen molar-refractivity contribution < 1.29 is 18.8 Å². The average molecular weight is 442 g/mol. The molecule has 2 aliphatic rings. The quantitative estimate of drug-likeness (QED) is 0.493. The molecule has 2 saturated heterocycles. The number of nitro groups is 1. The largest absolute Gasteiger partial charge is 0.389 e. The van der Waals surface area contributed by atoms with Crippen molar-refractivity contribution in [3.8, 4) is 0 Å². The molecule has 2 aromatic heterocycles. The minimum atomic E-state index is -1.25. The molecule has 2 unspecified atom stereocenters. The number of hydrogen-bond donors (Lipinski definition) is 1. The van der Waals surface area contributed by atoms with Crippen LogP contribution >= 0.6 is 0 Å². The number of aliphatic hydroxyl groups is 1. The first kappa shape index (κ1) is 20.5. The number of hydrogen-bond acceptors (Lipinski definition) is 6. The summed E-state index contributed by atoms with van der Waals surface area (Å²) in [4.78, 5) is 30.1. The molecule has 10 heteroatoms. The monoisotopic (exact) mass is 442 g/mol. The van der Waals surface area contributed by atoms with Crippen LogP contribution in [-0.2, 0) is 6.42 Å². The van der Waals surface area contributed by atoms with Gasteiger partial charge in [0.1, 0.15) is 17.3 Å². The van der Waals surface area contributed by atoms with Crippen molar-refractivity contribution in [2.75, 3.05) is 4.90 Å². The Kier molecular flexibility index (Phi) is 4.70. The van der Waals surface area contributed by atoms with Gasteiger partial charge < -0.3 is 10.0 Å². The van der Waals surface area contributed by atoms with Gasteiger partial charge in [0.05, 0.1) is 10.5 Å². The van der Waals surface area contributed by atoms with Gasteiger partial charge in [-0.2, -0.15) is 0 Å². The smallest absolute Gasteiger partial charge is 0.376 e. The number of anilines is 1. The molecule has 4 heterocycles. The van der Waals surface area contributed by atoms with Crippen molar-refractivity contribution in [2.45, 2.75) is 49.8 Å². The van der Waals surface area contributed by atoms with E-state index in [4.69, 9.17) is 0 Å². The van der Waals surface area contributed by atoms with Crippen LogP contribution in [0.5, 0.6) is 0 Å². The predicted octanol–water partition coefficient (Wildman–Crippen LogP) is 2.99. The van der Waals surface area contributed by atoms with E-state index in [0.29, 0.717) is 18.5 Å². The molecule has 166 valence electrons. The predicted molar refractivity (Wildman–Crippen MR) is 112 cm³/mol. The second-order valence-electron chi connectivity index (χ2n) is 8.61. The number of aromatic nitrogens is 2. The van der Waals surface area contributed by atoms with Gasteiger partial charge in [0.25, 0.3) is 0 Å². The Morgan fingerprint density at radius 2 is 1.91 bits per heavy atom. The molecule has 0 amide bonds. The molecule has 0 aliphatic carbocycles. The Labute approximate surface area is 180 Å². The molecule has 1 N–H and O–H groups in total. The summed E-state index contributed by atoms with van der Waals surface area (Å²) in [6.07, 6.45) is 3.22. The first-order valence-corrected chi connectivity index (χ1v) is 10.4. The van der Waals surface area contributed by atoms with Crippen molar-refractivity contribution in [3.63, 3.8) is 0 Å². The highest BCUT2D eigenvalue weighted by atomic mass is 19.1.